The zero-order valence-corrected chi connectivity index (χ0v) is 19.0. The van der Waals surface area contributed by atoms with Gasteiger partial charge in [-0.1, -0.05) is 25.2 Å². The van der Waals surface area contributed by atoms with Crippen LogP contribution in [0.25, 0.3) is 26.4 Å². The number of likely N-dealkylation sites (tertiary alicyclic amines) is 1. The number of hydrogen-bond acceptors (Lipinski definition) is 4. The van der Waals surface area contributed by atoms with Crippen LogP contribution in [-0.4, -0.2) is 39.9 Å². The van der Waals surface area contributed by atoms with E-state index in [-0.39, 0.29) is 5.91 Å². The summed E-state index contributed by atoms with van der Waals surface area (Å²) in [5.74, 6) is 2.12. The highest BCUT2D eigenvalue weighted by molar-refractivity contribution is 7.23. The Morgan fingerprint density at radius 1 is 1.13 bits per heavy atom. The van der Waals surface area contributed by atoms with Gasteiger partial charge in [0.15, 0.2) is 4.96 Å². The van der Waals surface area contributed by atoms with Crippen LogP contribution in [0.5, 0.6) is 5.75 Å². The van der Waals surface area contributed by atoms with Crippen molar-refractivity contribution in [1.82, 2.24) is 14.3 Å². The van der Waals surface area contributed by atoms with E-state index in [0.717, 1.165) is 50.8 Å². The number of imidazole rings is 1. The Labute approximate surface area is 186 Å². The molecule has 6 heteroatoms. The molecule has 0 aliphatic carbocycles. The minimum Gasteiger partial charge on any atom is -0.494 e. The second-order valence-electron chi connectivity index (χ2n) is 8.68. The molecule has 4 aromatic rings. The van der Waals surface area contributed by atoms with E-state index in [4.69, 9.17) is 9.72 Å². The zero-order valence-electron chi connectivity index (χ0n) is 18.2. The van der Waals surface area contributed by atoms with Crippen molar-refractivity contribution in [2.75, 3.05) is 19.7 Å². The molecule has 1 fully saturated rings. The fourth-order valence-electron chi connectivity index (χ4n) is 4.67. The van der Waals surface area contributed by atoms with E-state index < -0.39 is 0 Å². The summed E-state index contributed by atoms with van der Waals surface area (Å²) in [6.07, 6.45) is 3.26. The topological polar surface area (TPSA) is 46.8 Å². The lowest BCUT2D eigenvalue weighted by Gasteiger charge is -2.35. The summed E-state index contributed by atoms with van der Waals surface area (Å²) in [5.41, 5.74) is 3.85. The second-order valence-corrected chi connectivity index (χ2v) is 9.69. The molecule has 2 aromatic heterocycles. The van der Waals surface area contributed by atoms with Gasteiger partial charge in [-0.05, 0) is 67.6 Å². The Kier molecular flexibility index (Phi) is 5.18. The van der Waals surface area contributed by atoms with Crippen molar-refractivity contribution < 1.29 is 9.53 Å². The maximum absolute atomic E-state index is 13.1. The Balaban J connectivity index is 1.43. The second kappa shape index (κ2) is 8.00. The van der Waals surface area contributed by atoms with Crippen molar-refractivity contribution in [3.05, 3.63) is 54.2 Å². The number of rotatable bonds is 4. The number of carbonyl (C=O) groups is 1. The molecule has 5 rings (SSSR count). The van der Waals surface area contributed by atoms with Crippen LogP contribution in [0.2, 0.25) is 0 Å². The lowest BCUT2D eigenvalue weighted by molar-refractivity contribution is 0.0623. The van der Waals surface area contributed by atoms with Crippen LogP contribution in [0.1, 0.15) is 37.6 Å². The third kappa shape index (κ3) is 3.81. The van der Waals surface area contributed by atoms with Gasteiger partial charge in [-0.15, -0.1) is 0 Å². The van der Waals surface area contributed by atoms with Crippen molar-refractivity contribution in [1.29, 1.82) is 0 Å². The summed E-state index contributed by atoms with van der Waals surface area (Å²) in [6.45, 7) is 8.80. The highest BCUT2D eigenvalue weighted by Crippen LogP contribution is 2.31. The highest BCUT2D eigenvalue weighted by atomic mass is 32.1. The molecule has 31 heavy (non-hydrogen) atoms. The zero-order chi connectivity index (χ0) is 21.5. The number of piperidine rings is 1. The van der Waals surface area contributed by atoms with Crippen LogP contribution in [0.15, 0.2) is 48.7 Å². The molecule has 2 aromatic carbocycles. The number of hydrogen-bond donors (Lipinski definition) is 0. The van der Waals surface area contributed by atoms with Crippen molar-refractivity contribution in [2.24, 2.45) is 11.8 Å². The number of thiazole rings is 1. The number of nitrogens with zero attached hydrogens (tertiary/aromatic N) is 3. The van der Waals surface area contributed by atoms with Gasteiger partial charge in [-0.3, -0.25) is 9.20 Å². The Hall–Kier alpha value is -2.86. The van der Waals surface area contributed by atoms with Gasteiger partial charge in [0.1, 0.15) is 5.75 Å². The molecule has 1 aliphatic heterocycles. The predicted molar refractivity (Wildman–Crippen MR) is 126 cm³/mol. The van der Waals surface area contributed by atoms with E-state index in [1.165, 1.54) is 6.42 Å². The molecule has 2 unspecified atom stereocenters. The molecule has 3 heterocycles. The minimum absolute atomic E-state index is 0.140. The molecule has 160 valence electrons. The first-order valence-corrected chi connectivity index (χ1v) is 11.8. The minimum atomic E-state index is 0.140. The molecule has 1 saturated heterocycles. The fraction of sp³-hybridized carbons (Fsp3) is 0.360. The average Bonchev–Trinajstić information content (AvgIpc) is 3.31. The standard InChI is InChI=1S/C25H27N3O2S/c1-4-30-20-8-5-18(6-9-20)21-15-28-22-10-7-19(12-23(22)31-25(28)26-21)24(29)27-13-16(2)11-17(3)14-27/h5-10,12,15-17H,4,11,13-14H2,1-3H3. The summed E-state index contributed by atoms with van der Waals surface area (Å²) in [6, 6.07) is 14.1. The van der Waals surface area contributed by atoms with Gasteiger partial charge >= 0.3 is 0 Å². The first kappa shape index (κ1) is 20.1. The maximum atomic E-state index is 13.1. The molecule has 1 amide bonds. The van der Waals surface area contributed by atoms with E-state index in [1.807, 2.05) is 54.3 Å². The first-order valence-electron chi connectivity index (χ1n) is 11.0. The molecule has 0 saturated carbocycles. The van der Waals surface area contributed by atoms with Crippen LogP contribution < -0.4 is 4.74 Å². The lowest BCUT2D eigenvalue weighted by Crippen LogP contribution is -2.42. The van der Waals surface area contributed by atoms with Gasteiger partial charge in [0.05, 0.1) is 22.5 Å². The Morgan fingerprint density at radius 2 is 1.87 bits per heavy atom. The number of ether oxygens (including phenoxy) is 1. The summed E-state index contributed by atoms with van der Waals surface area (Å²) in [7, 11) is 0. The molecule has 1 aliphatic rings. The normalized spacial score (nSPS) is 19.3. The van der Waals surface area contributed by atoms with E-state index in [2.05, 4.69) is 24.4 Å². The van der Waals surface area contributed by atoms with Gasteiger partial charge in [0.25, 0.3) is 5.91 Å². The van der Waals surface area contributed by atoms with E-state index in [9.17, 15) is 4.79 Å². The summed E-state index contributed by atoms with van der Waals surface area (Å²) in [5, 5.41) is 0. The van der Waals surface area contributed by atoms with Crippen LogP contribution >= 0.6 is 11.3 Å². The van der Waals surface area contributed by atoms with E-state index in [0.29, 0.717) is 18.4 Å². The maximum Gasteiger partial charge on any atom is 0.253 e. The molecule has 5 nitrogen and oxygen atoms in total. The van der Waals surface area contributed by atoms with Crippen molar-refractivity contribution in [3.8, 4) is 17.0 Å². The molecule has 0 spiro atoms. The number of benzene rings is 2. The lowest BCUT2D eigenvalue weighted by atomic mass is 9.91. The summed E-state index contributed by atoms with van der Waals surface area (Å²) in [4.78, 5) is 20.9. The number of fused-ring (bicyclic) bond motifs is 3. The summed E-state index contributed by atoms with van der Waals surface area (Å²) < 4.78 is 8.73. The Morgan fingerprint density at radius 3 is 2.58 bits per heavy atom. The van der Waals surface area contributed by atoms with Crippen molar-refractivity contribution >= 4 is 32.4 Å². The number of aromatic nitrogens is 2. The molecule has 0 N–H and O–H groups in total. The first-order chi connectivity index (χ1) is 15.0. The van der Waals surface area contributed by atoms with Crippen LogP contribution in [0, 0.1) is 11.8 Å². The van der Waals surface area contributed by atoms with E-state index >= 15 is 0 Å². The van der Waals surface area contributed by atoms with Crippen LogP contribution in [0.4, 0.5) is 0 Å². The molecular weight excluding hydrogens is 406 g/mol. The fourth-order valence-corrected chi connectivity index (χ4v) is 5.72. The smallest absolute Gasteiger partial charge is 0.253 e. The largest absolute Gasteiger partial charge is 0.494 e. The van der Waals surface area contributed by atoms with Crippen LogP contribution in [-0.2, 0) is 0 Å². The highest BCUT2D eigenvalue weighted by Gasteiger charge is 2.26. The van der Waals surface area contributed by atoms with Crippen molar-refractivity contribution in [2.45, 2.75) is 27.2 Å². The molecule has 0 bridgehead atoms. The van der Waals surface area contributed by atoms with Gasteiger partial charge in [0.2, 0.25) is 0 Å². The van der Waals surface area contributed by atoms with Crippen LogP contribution in [0.3, 0.4) is 0 Å². The van der Waals surface area contributed by atoms with Gasteiger partial charge in [-0.25, -0.2) is 4.98 Å². The quantitative estimate of drug-likeness (QED) is 0.413. The number of carbonyl (C=O) groups excluding carboxylic acids is 1. The molecule has 2 atom stereocenters. The van der Waals surface area contributed by atoms with Gasteiger partial charge in [0, 0.05) is 30.4 Å². The molecular formula is C25H27N3O2S. The monoisotopic (exact) mass is 433 g/mol. The molecule has 0 radical (unpaired) electrons. The summed E-state index contributed by atoms with van der Waals surface area (Å²) >= 11 is 1.62. The SMILES string of the molecule is CCOc1ccc(-c2cn3c(n2)sc2cc(C(=O)N4CC(C)CC(C)C4)ccc23)cc1. The predicted octanol–water partition coefficient (Wildman–Crippen LogP) is 5.73. The third-order valence-electron chi connectivity index (χ3n) is 5.96. The van der Waals surface area contributed by atoms with Gasteiger partial charge in [-0.2, -0.15) is 0 Å². The van der Waals surface area contributed by atoms with Crippen molar-refractivity contribution in [3.63, 3.8) is 0 Å². The third-order valence-corrected chi connectivity index (χ3v) is 6.98. The Bertz CT molecular complexity index is 1230. The number of amides is 1. The van der Waals surface area contributed by atoms with E-state index in [1.54, 1.807) is 11.3 Å². The average molecular weight is 434 g/mol. The van der Waals surface area contributed by atoms with Gasteiger partial charge < -0.3 is 9.64 Å².